The van der Waals surface area contributed by atoms with Gasteiger partial charge in [0.2, 0.25) is 0 Å². The first-order valence-corrected chi connectivity index (χ1v) is 7.38. The van der Waals surface area contributed by atoms with Crippen molar-refractivity contribution < 1.29 is 4.74 Å². The summed E-state index contributed by atoms with van der Waals surface area (Å²) in [6, 6.07) is 5.92. The summed E-state index contributed by atoms with van der Waals surface area (Å²) < 4.78 is 5.29. The number of nitrogens with one attached hydrogen (secondary N) is 1. The molecule has 0 radical (unpaired) electrons. The highest BCUT2D eigenvalue weighted by Crippen LogP contribution is 2.32. The zero-order chi connectivity index (χ0) is 13.0. The monoisotopic (exact) mass is 264 g/mol. The molecular weight excluding hydrogens is 244 g/mol. The number of methoxy groups -OCH3 is 1. The van der Waals surface area contributed by atoms with E-state index in [4.69, 9.17) is 15.9 Å². The summed E-state index contributed by atoms with van der Waals surface area (Å²) in [4.78, 5) is 0. The molecule has 1 aromatic rings. The molecule has 98 valence electrons. The summed E-state index contributed by atoms with van der Waals surface area (Å²) in [5.41, 5.74) is 7.43. The first kappa shape index (κ1) is 13.3. The Bertz CT molecular complexity index is 428. The van der Waals surface area contributed by atoms with Crippen molar-refractivity contribution in [1.82, 2.24) is 0 Å². The van der Waals surface area contributed by atoms with E-state index >= 15 is 0 Å². The number of thioether (sulfide) groups is 1. The maximum absolute atomic E-state index is 7.48. The predicted molar refractivity (Wildman–Crippen MR) is 77.6 cm³/mol. The van der Waals surface area contributed by atoms with E-state index in [1.807, 2.05) is 30.0 Å². The van der Waals surface area contributed by atoms with E-state index in [2.05, 4.69) is 0 Å². The fourth-order valence-corrected chi connectivity index (χ4v) is 3.59. The summed E-state index contributed by atoms with van der Waals surface area (Å²) in [5, 5.41) is 8.30. The second-order valence-corrected chi connectivity index (χ2v) is 5.95. The minimum Gasteiger partial charge on any atom is -0.496 e. The summed E-state index contributed by atoms with van der Waals surface area (Å²) >= 11 is 2.03. The number of nitrogens with two attached hydrogens (primary N) is 1. The number of amidine groups is 1. The normalized spacial score (nSPS) is 15.8. The fourth-order valence-electron chi connectivity index (χ4n) is 2.32. The zero-order valence-electron chi connectivity index (χ0n) is 10.7. The Kier molecular flexibility index (Phi) is 4.53. The Morgan fingerprint density at radius 1 is 1.44 bits per heavy atom. The lowest BCUT2D eigenvalue weighted by Crippen LogP contribution is -2.12. The molecule has 0 aliphatic heterocycles. The van der Waals surface area contributed by atoms with Crippen molar-refractivity contribution >= 4 is 17.6 Å². The second kappa shape index (κ2) is 6.14. The fraction of sp³-hybridized carbons (Fsp3) is 0.500. The van der Waals surface area contributed by atoms with Crippen molar-refractivity contribution in [2.75, 3.05) is 7.11 Å². The second-order valence-electron chi connectivity index (χ2n) is 4.67. The van der Waals surface area contributed by atoms with Crippen LogP contribution in [0.2, 0.25) is 0 Å². The molecule has 2 rings (SSSR count). The minimum absolute atomic E-state index is 0.0573. The average molecular weight is 264 g/mol. The van der Waals surface area contributed by atoms with Gasteiger partial charge in [-0.05, 0) is 30.5 Å². The highest BCUT2D eigenvalue weighted by molar-refractivity contribution is 7.99. The van der Waals surface area contributed by atoms with Crippen molar-refractivity contribution in [3.05, 3.63) is 29.3 Å². The third-order valence-corrected chi connectivity index (χ3v) is 4.79. The third kappa shape index (κ3) is 3.19. The van der Waals surface area contributed by atoms with Gasteiger partial charge in [0.05, 0.1) is 12.7 Å². The SMILES string of the molecule is COc1cc(CSC2CCCC2)ccc1C(=N)N. The lowest BCUT2D eigenvalue weighted by atomic mass is 10.1. The van der Waals surface area contributed by atoms with Crippen LogP contribution in [0.5, 0.6) is 5.75 Å². The molecule has 1 aromatic carbocycles. The van der Waals surface area contributed by atoms with Gasteiger partial charge >= 0.3 is 0 Å². The molecule has 4 heteroatoms. The molecule has 0 spiro atoms. The Morgan fingerprint density at radius 3 is 2.78 bits per heavy atom. The van der Waals surface area contributed by atoms with Crippen LogP contribution in [-0.2, 0) is 5.75 Å². The molecule has 3 N–H and O–H groups in total. The van der Waals surface area contributed by atoms with Gasteiger partial charge in [-0.25, -0.2) is 0 Å². The molecular formula is C14H20N2OS. The molecule has 18 heavy (non-hydrogen) atoms. The van der Waals surface area contributed by atoms with E-state index in [1.54, 1.807) is 7.11 Å². The minimum atomic E-state index is 0.0573. The third-order valence-electron chi connectivity index (χ3n) is 3.34. The van der Waals surface area contributed by atoms with E-state index in [9.17, 15) is 0 Å². The quantitative estimate of drug-likeness (QED) is 0.634. The maximum Gasteiger partial charge on any atom is 0.130 e. The lowest BCUT2D eigenvalue weighted by molar-refractivity contribution is 0.413. The van der Waals surface area contributed by atoms with Gasteiger partial charge in [0.25, 0.3) is 0 Å². The van der Waals surface area contributed by atoms with Gasteiger partial charge in [0.1, 0.15) is 11.6 Å². The topological polar surface area (TPSA) is 59.1 Å². The summed E-state index contributed by atoms with van der Waals surface area (Å²) in [6.07, 6.45) is 5.47. The molecule has 1 aliphatic rings. The molecule has 0 bridgehead atoms. The molecule has 1 saturated carbocycles. The number of nitrogen functional groups attached to an aromatic ring is 1. The molecule has 0 atom stereocenters. The van der Waals surface area contributed by atoms with Gasteiger partial charge < -0.3 is 10.5 Å². The van der Waals surface area contributed by atoms with Crippen LogP contribution in [0.1, 0.15) is 36.8 Å². The van der Waals surface area contributed by atoms with Crippen molar-refractivity contribution in [3.8, 4) is 5.75 Å². The van der Waals surface area contributed by atoms with Crippen LogP contribution in [0.4, 0.5) is 0 Å². The summed E-state index contributed by atoms with van der Waals surface area (Å²) in [6.45, 7) is 0. The number of benzene rings is 1. The van der Waals surface area contributed by atoms with Crippen molar-refractivity contribution in [1.29, 1.82) is 5.41 Å². The zero-order valence-corrected chi connectivity index (χ0v) is 11.6. The van der Waals surface area contributed by atoms with Gasteiger partial charge in [-0.2, -0.15) is 11.8 Å². The van der Waals surface area contributed by atoms with Crippen molar-refractivity contribution in [2.45, 2.75) is 36.7 Å². The van der Waals surface area contributed by atoms with Gasteiger partial charge in [-0.1, -0.05) is 18.9 Å². The molecule has 1 aliphatic carbocycles. The Labute approximate surface area is 113 Å². The smallest absolute Gasteiger partial charge is 0.130 e. The van der Waals surface area contributed by atoms with Crippen LogP contribution in [-0.4, -0.2) is 18.2 Å². The van der Waals surface area contributed by atoms with Crippen LogP contribution >= 0.6 is 11.8 Å². The molecule has 3 nitrogen and oxygen atoms in total. The van der Waals surface area contributed by atoms with Crippen LogP contribution in [0.25, 0.3) is 0 Å². The van der Waals surface area contributed by atoms with E-state index in [1.165, 1.54) is 31.2 Å². The van der Waals surface area contributed by atoms with Gasteiger partial charge in [-0.3, -0.25) is 5.41 Å². The first-order valence-electron chi connectivity index (χ1n) is 6.33. The van der Waals surface area contributed by atoms with Crippen LogP contribution in [0, 0.1) is 5.41 Å². The molecule has 0 heterocycles. The van der Waals surface area contributed by atoms with E-state index in [0.29, 0.717) is 11.3 Å². The number of ether oxygens (including phenoxy) is 1. The van der Waals surface area contributed by atoms with E-state index < -0.39 is 0 Å². The first-order chi connectivity index (χ1) is 8.70. The summed E-state index contributed by atoms with van der Waals surface area (Å²) in [7, 11) is 1.62. The molecule has 0 aromatic heterocycles. The van der Waals surface area contributed by atoms with Crippen LogP contribution < -0.4 is 10.5 Å². The summed E-state index contributed by atoms with van der Waals surface area (Å²) in [5.74, 6) is 1.77. The lowest BCUT2D eigenvalue weighted by Gasteiger charge is -2.11. The molecule has 0 amide bonds. The Hall–Kier alpha value is -1.16. The number of hydrogen-bond acceptors (Lipinski definition) is 3. The van der Waals surface area contributed by atoms with Crippen LogP contribution in [0.3, 0.4) is 0 Å². The van der Waals surface area contributed by atoms with Gasteiger partial charge in [0, 0.05) is 11.0 Å². The van der Waals surface area contributed by atoms with Gasteiger partial charge in [-0.15, -0.1) is 0 Å². The standard InChI is InChI=1S/C14H20N2OS/c1-17-13-8-10(6-7-12(13)14(15)16)9-18-11-4-2-3-5-11/h6-8,11H,2-5,9H2,1H3,(H3,15,16). The average Bonchev–Trinajstić information content (AvgIpc) is 2.88. The number of rotatable bonds is 5. The highest BCUT2D eigenvalue weighted by atomic mass is 32.2. The van der Waals surface area contributed by atoms with Crippen LogP contribution in [0.15, 0.2) is 18.2 Å². The predicted octanol–water partition coefficient (Wildman–Crippen LogP) is 3.16. The largest absolute Gasteiger partial charge is 0.496 e. The molecule has 0 saturated heterocycles. The van der Waals surface area contributed by atoms with Gasteiger partial charge in [0.15, 0.2) is 0 Å². The van der Waals surface area contributed by atoms with Crippen molar-refractivity contribution in [3.63, 3.8) is 0 Å². The number of hydrogen-bond donors (Lipinski definition) is 2. The van der Waals surface area contributed by atoms with Crippen molar-refractivity contribution in [2.24, 2.45) is 5.73 Å². The highest BCUT2D eigenvalue weighted by Gasteiger charge is 2.15. The maximum atomic E-state index is 7.48. The molecule has 1 fully saturated rings. The Morgan fingerprint density at radius 2 is 2.17 bits per heavy atom. The van der Waals surface area contributed by atoms with E-state index in [-0.39, 0.29) is 5.84 Å². The Balaban J connectivity index is 2.02. The van der Waals surface area contributed by atoms with E-state index in [0.717, 1.165) is 11.0 Å². The molecule has 0 unspecified atom stereocenters.